The molecule has 0 radical (unpaired) electrons. The zero-order chi connectivity index (χ0) is 42.9. The third-order valence-electron chi connectivity index (χ3n) is 9.68. The Bertz CT molecular complexity index is 2290. The van der Waals surface area contributed by atoms with Crippen LogP contribution in [0.3, 0.4) is 0 Å². The molecular formula is C53H56O7. The molecule has 0 fully saturated rings. The van der Waals surface area contributed by atoms with Crippen LogP contribution in [0.2, 0.25) is 0 Å². The minimum Gasteiger partial charge on any atom is -0.508 e. The van der Waals surface area contributed by atoms with E-state index in [4.69, 9.17) is 24.4 Å². The number of phenolic OH excluding ortho intramolecular Hbond substituents is 1. The predicted octanol–water partition coefficient (Wildman–Crippen LogP) is 11.5. The molecule has 310 valence electrons. The zero-order valence-electron chi connectivity index (χ0n) is 35.2. The van der Waals surface area contributed by atoms with Crippen molar-refractivity contribution >= 4 is 28.3 Å². The molecule has 0 amide bonds. The van der Waals surface area contributed by atoms with Crippen molar-refractivity contribution in [2.24, 2.45) is 5.41 Å². The number of aromatic hydroxyl groups is 1. The van der Waals surface area contributed by atoms with E-state index in [2.05, 4.69) is 38.1 Å². The SMILES string of the molecule is CC/C(=C(/c1ccc(OCCO)cc1)c1ccc(OC(=O)C(C)(C)C)cc1)c1ccccc1.CC/C(=C(\c1ccc(O)cc1)c1ccc(OCCO)cc1)c1ccccc1. The van der Waals surface area contributed by atoms with Gasteiger partial charge in [0.25, 0.3) is 0 Å². The van der Waals surface area contributed by atoms with Gasteiger partial charge in [0.05, 0.1) is 18.6 Å². The van der Waals surface area contributed by atoms with Gasteiger partial charge >= 0.3 is 5.97 Å². The van der Waals surface area contributed by atoms with Gasteiger partial charge in [-0.15, -0.1) is 0 Å². The van der Waals surface area contributed by atoms with E-state index in [1.165, 1.54) is 22.3 Å². The number of ether oxygens (including phenoxy) is 3. The summed E-state index contributed by atoms with van der Waals surface area (Å²) in [6.45, 7) is 10.3. The standard InChI is InChI=1S/C29H32O4.C24H24O3/c1-5-26(21-9-7-6-8-10-21)27(22-11-15-24(16-12-22)32-20-19-30)23-13-17-25(18-14-23)33-28(31)29(2,3)4;1-2-23(18-6-4-3-5-7-18)24(19-8-12-21(26)13-9-19)20-10-14-22(15-11-20)27-17-16-25/h6-18,30H,5,19-20H2,1-4H3;3-15,25-26H,2,16-17H2,1H3/b27-26+;24-23-. The molecule has 6 aromatic carbocycles. The molecule has 7 nitrogen and oxygen atoms in total. The van der Waals surface area contributed by atoms with Crippen LogP contribution in [0.15, 0.2) is 158 Å². The van der Waals surface area contributed by atoms with Crippen LogP contribution in [0, 0.1) is 5.41 Å². The van der Waals surface area contributed by atoms with Gasteiger partial charge in [0.2, 0.25) is 0 Å². The Labute approximate surface area is 354 Å². The first-order valence-corrected chi connectivity index (χ1v) is 20.4. The predicted molar refractivity (Wildman–Crippen MR) is 243 cm³/mol. The number of hydrogen-bond donors (Lipinski definition) is 3. The molecule has 0 spiro atoms. The molecule has 3 N–H and O–H groups in total. The fraction of sp³-hybridized carbons (Fsp3) is 0.226. The molecule has 0 aliphatic heterocycles. The normalized spacial score (nSPS) is 12.0. The molecule has 6 rings (SSSR count). The molecule has 0 aliphatic carbocycles. The van der Waals surface area contributed by atoms with Gasteiger partial charge in [-0.1, -0.05) is 123 Å². The highest BCUT2D eigenvalue weighted by molar-refractivity contribution is 5.99. The van der Waals surface area contributed by atoms with Crippen LogP contribution >= 0.6 is 0 Å². The Kier molecular flexibility index (Phi) is 16.5. The molecule has 0 atom stereocenters. The summed E-state index contributed by atoms with van der Waals surface area (Å²) in [5, 5.41) is 27.6. The summed E-state index contributed by atoms with van der Waals surface area (Å²) in [7, 11) is 0. The van der Waals surface area contributed by atoms with Crippen LogP contribution in [0.4, 0.5) is 0 Å². The maximum absolute atomic E-state index is 12.3. The van der Waals surface area contributed by atoms with Crippen LogP contribution in [0.5, 0.6) is 23.0 Å². The Morgan fingerprint density at radius 1 is 0.467 bits per heavy atom. The second-order valence-corrected chi connectivity index (χ2v) is 15.0. The third kappa shape index (κ3) is 12.3. The summed E-state index contributed by atoms with van der Waals surface area (Å²) in [6, 6.07) is 51.5. The van der Waals surface area contributed by atoms with E-state index >= 15 is 0 Å². The number of aliphatic hydroxyl groups is 2. The fourth-order valence-corrected chi connectivity index (χ4v) is 6.70. The molecule has 7 heteroatoms. The molecule has 0 aromatic heterocycles. The first kappa shape index (κ1) is 44.7. The number of carbonyl (C=O) groups is 1. The van der Waals surface area contributed by atoms with Crippen LogP contribution < -0.4 is 14.2 Å². The topological polar surface area (TPSA) is 105 Å². The highest BCUT2D eigenvalue weighted by Crippen LogP contribution is 2.37. The maximum atomic E-state index is 12.3. The molecular weight excluding hydrogens is 749 g/mol. The van der Waals surface area contributed by atoms with E-state index in [-0.39, 0.29) is 38.1 Å². The number of phenols is 1. The van der Waals surface area contributed by atoms with E-state index in [1.807, 2.05) is 142 Å². The largest absolute Gasteiger partial charge is 0.508 e. The summed E-state index contributed by atoms with van der Waals surface area (Å²) < 4.78 is 16.6. The number of carbonyl (C=O) groups excluding carboxylic acids is 1. The summed E-state index contributed by atoms with van der Waals surface area (Å²) >= 11 is 0. The lowest BCUT2D eigenvalue weighted by molar-refractivity contribution is -0.143. The van der Waals surface area contributed by atoms with Crippen molar-refractivity contribution in [3.05, 3.63) is 191 Å². The smallest absolute Gasteiger partial charge is 0.316 e. The van der Waals surface area contributed by atoms with Crippen molar-refractivity contribution in [2.45, 2.75) is 47.5 Å². The number of hydrogen-bond acceptors (Lipinski definition) is 7. The molecule has 6 aromatic rings. The second kappa shape index (κ2) is 22.1. The summed E-state index contributed by atoms with van der Waals surface area (Å²) in [4.78, 5) is 12.3. The lowest BCUT2D eigenvalue weighted by Crippen LogP contribution is -2.25. The summed E-state index contributed by atoms with van der Waals surface area (Å²) in [5.74, 6) is 1.97. The van der Waals surface area contributed by atoms with Gasteiger partial charge in [-0.25, -0.2) is 0 Å². The van der Waals surface area contributed by atoms with Crippen molar-refractivity contribution < 1.29 is 34.3 Å². The van der Waals surface area contributed by atoms with Gasteiger partial charge in [-0.05, 0) is 138 Å². The lowest BCUT2D eigenvalue weighted by Gasteiger charge is -2.18. The number of aliphatic hydroxyl groups excluding tert-OH is 2. The average molecular weight is 805 g/mol. The van der Waals surface area contributed by atoms with Crippen molar-refractivity contribution in [1.29, 1.82) is 0 Å². The van der Waals surface area contributed by atoms with Crippen LogP contribution in [-0.2, 0) is 4.79 Å². The Morgan fingerprint density at radius 3 is 1.12 bits per heavy atom. The molecule has 0 bridgehead atoms. The lowest BCUT2D eigenvalue weighted by atomic mass is 9.88. The van der Waals surface area contributed by atoms with E-state index in [0.29, 0.717) is 11.5 Å². The molecule has 0 unspecified atom stereocenters. The molecule has 0 saturated heterocycles. The first-order chi connectivity index (χ1) is 29.1. The van der Waals surface area contributed by atoms with Gasteiger partial charge in [-0.3, -0.25) is 4.79 Å². The number of rotatable bonds is 15. The number of benzene rings is 6. The van der Waals surface area contributed by atoms with Gasteiger partial charge < -0.3 is 29.5 Å². The van der Waals surface area contributed by atoms with Crippen molar-refractivity contribution in [1.82, 2.24) is 0 Å². The molecule has 0 saturated carbocycles. The summed E-state index contributed by atoms with van der Waals surface area (Å²) in [6.07, 6.45) is 1.73. The fourth-order valence-electron chi connectivity index (χ4n) is 6.70. The van der Waals surface area contributed by atoms with Gasteiger partial charge in [-0.2, -0.15) is 0 Å². The quantitative estimate of drug-likeness (QED) is 0.0539. The van der Waals surface area contributed by atoms with E-state index in [0.717, 1.165) is 52.0 Å². The highest BCUT2D eigenvalue weighted by atomic mass is 16.5. The monoisotopic (exact) mass is 804 g/mol. The minimum atomic E-state index is -0.563. The van der Waals surface area contributed by atoms with E-state index in [1.54, 1.807) is 12.1 Å². The van der Waals surface area contributed by atoms with Crippen LogP contribution in [0.1, 0.15) is 80.8 Å². The van der Waals surface area contributed by atoms with E-state index in [9.17, 15) is 9.90 Å². The molecule has 0 aliphatic rings. The van der Waals surface area contributed by atoms with Crippen molar-refractivity contribution in [2.75, 3.05) is 26.4 Å². The highest BCUT2D eigenvalue weighted by Gasteiger charge is 2.24. The van der Waals surface area contributed by atoms with Crippen molar-refractivity contribution in [3.8, 4) is 23.0 Å². The van der Waals surface area contributed by atoms with E-state index < -0.39 is 5.41 Å². The Hall–Kier alpha value is -6.41. The number of esters is 1. The van der Waals surface area contributed by atoms with Gasteiger partial charge in [0, 0.05) is 0 Å². The minimum absolute atomic E-state index is 0.00555. The molecule has 0 heterocycles. The van der Waals surface area contributed by atoms with Crippen LogP contribution in [0.25, 0.3) is 22.3 Å². The van der Waals surface area contributed by atoms with Crippen molar-refractivity contribution in [3.63, 3.8) is 0 Å². The third-order valence-corrected chi connectivity index (χ3v) is 9.68. The Balaban J connectivity index is 0.000000232. The number of allylic oxidation sites excluding steroid dienone is 2. The zero-order valence-corrected chi connectivity index (χ0v) is 35.2. The first-order valence-electron chi connectivity index (χ1n) is 20.4. The molecule has 60 heavy (non-hydrogen) atoms. The van der Waals surface area contributed by atoms with Crippen LogP contribution in [-0.4, -0.2) is 47.7 Å². The van der Waals surface area contributed by atoms with Gasteiger partial charge in [0.1, 0.15) is 36.2 Å². The summed E-state index contributed by atoms with van der Waals surface area (Å²) in [5.41, 5.74) is 10.7. The average Bonchev–Trinajstić information content (AvgIpc) is 3.27. The second-order valence-electron chi connectivity index (χ2n) is 15.0. The van der Waals surface area contributed by atoms with Gasteiger partial charge in [0.15, 0.2) is 0 Å². The maximum Gasteiger partial charge on any atom is 0.316 e. The Morgan fingerprint density at radius 2 is 0.800 bits per heavy atom.